The lowest BCUT2D eigenvalue weighted by molar-refractivity contribution is 0.472. The Morgan fingerprint density at radius 1 is 1.00 bits per heavy atom. The molecule has 28 heavy (non-hydrogen) atoms. The number of rotatable bonds is 8. The molecule has 0 radical (unpaired) electrons. The quantitative estimate of drug-likeness (QED) is 0.281. The number of aromatic nitrogens is 1. The van der Waals surface area contributed by atoms with E-state index in [0.29, 0.717) is 12.4 Å². The zero-order chi connectivity index (χ0) is 18.9. The summed E-state index contributed by atoms with van der Waals surface area (Å²) in [7, 11) is 0. The van der Waals surface area contributed by atoms with Crippen LogP contribution in [0.1, 0.15) is 28.7 Å². The number of aryl methyl sites for hydroxylation is 2. The van der Waals surface area contributed by atoms with Crippen LogP contribution in [0.2, 0.25) is 0 Å². The molecule has 2 N–H and O–H groups in total. The van der Waals surface area contributed by atoms with Gasteiger partial charge >= 0.3 is 0 Å². The standard InChI is InChI=1S/C21H26N4O2.HI/c1-16-17(2)27-20(25-16)15-24-21(23-13-11-19-9-6-14-26-19)22-12-10-18-7-4-3-5-8-18;/h3-9,14H,10-13,15H2,1-2H3,(H2,22,23,24);1H. The number of oxazole rings is 1. The molecular weight excluding hydrogens is 467 g/mol. The van der Waals surface area contributed by atoms with Gasteiger partial charge < -0.3 is 19.5 Å². The molecule has 0 bridgehead atoms. The van der Waals surface area contributed by atoms with E-state index < -0.39 is 0 Å². The number of nitrogens with zero attached hydrogens (tertiary/aromatic N) is 2. The number of aliphatic imine (C=N–C) groups is 1. The van der Waals surface area contributed by atoms with Crippen LogP contribution < -0.4 is 10.6 Å². The first-order valence-corrected chi connectivity index (χ1v) is 9.22. The second kappa shape index (κ2) is 11.5. The van der Waals surface area contributed by atoms with Crippen molar-refractivity contribution < 1.29 is 8.83 Å². The van der Waals surface area contributed by atoms with Gasteiger partial charge in [-0.2, -0.15) is 0 Å². The molecule has 0 atom stereocenters. The predicted molar refractivity (Wildman–Crippen MR) is 121 cm³/mol. The second-order valence-corrected chi connectivity index (χ2v) is 6.33. The summed E-state index contributed by atoms with van der Waals surface area (Å²) in [6, 6.07) is 14.3. The molecule has 3 rings (SSSR count). The Kier molecular flexibility index (Phi) is 9.06. The van der Waals surface area contributed by atoms with Crippen molar-refractivity contribution in [1.82, 2.24) is 15.6 Å². The lowest BCUT2D eigenvalue weighted by atomic mass is 10.1. The van der Waals surface area contributed by atoms with E-state index in [-0.39, 0.29) is 24.0 Å². The normalized spacial score (nSPS) is 11.1. The monoisotopic (exact) mass is 494 g/mol. The van der Waals surface area contributed by atoms with Gasteiger partial charge in [0, 0.05) is 19.5 Å². The van der Waals surface area contributed by atoms with E-state index in [1.165, 1.54) is 5.56 Å². The van der Waals surface area contributed by atoms with Gasteiger partial charge in [-0.3, -0.25) is 0 Å². The first kappa shape index (κ1) is 22.0. The molecule has 2 aromatic heterocycles. The van der Waals surface area contributed by atoms with Crippen LogP contribution in [-0.2, 0) is 19.4 Å². The number of guanidine groups is 1. The lowest BCUT2D eigenvalue weighted by Crippen LogP contribution is -2.39. The molecule has 2 heterocycles. The molecule has 0 aliphatic carbocycles. The summed E-state index contributed by atoms with van der Waals surface area (Å²) >= 11 is 0. The predicted octanol–water partition coefficient (Wildman–Crippen LogP) is 4.02. The zero-order valence-corrected chi connectivity index (χ0v) is 18.6. The van der Waals surface area contributed by atoms with E-state index in [9.17, 15) is 0 Å². The Morgan fingerprint density at radius 2 is 1.75 bits per heavy atom. The average Bonchev–Trinajstić information content (AvgIpc) is 3.30. The SMILES string of the molecule is Cc1nc(CN=C(NCCc2ccccc2)NCCc2ccco2)oc1C.I. The Bertz CT molecular complexity index is 825. The summed E-state index contributed by atoms with van der Waals surface area (Å²) < 4.78 is 11.0. The van der Waals surface area contributed by atoms with E-state index in [4.69, 9.17) is 8.83 Å². The van der Waals surface area contributed by atoms with Gasteiger partial charge in [-0.25, -0.2) is 9.98 Å². The molecular formula is C21H27IN4O2. The average molecular weight is 494 g/mol. The summed E-state index contributed by atoms with van der Waals surface area (Å²) in [6.07, 6.45) is 3.41. The molecule has 0 aliphatic rings. The van der Waals surface area contributed by atoms with Crippen LogP contribution in [0, 0.1) is 13.8 Å². The highest BCUT2D eigenvalue weighted by atomic mass is 127. The van der Waals surface area contributed by atoms with Crippen molar-refractivity contribution in [2.75, 3.05) is 13.1 Å². The van der Waals surface area contributed by atoms with Crippen LogP contribution in [0.4, 0.5) is 0 Å². The topological polar surface area (TPSA) is 75.6 Å². The highest BCUT2D eigenvalue weighted by molar-refractivity contribution is 14.0. The minimum atomic E-state index is 0. The highest BCUT2D eigenvalue weighted by Gasteiger charge is 2.06. The number of nitrogens with one attached hydrogen (secondary N) is 2. The fourth-order valence-corrected chi connectivity index (χ4v) is 2.66. The van der Waals surface area contributed by atoms with Crippen molar-refractivity contribution in [2.24, 2.45) is 4.99 Å². The van der Waals surface area contributed by atoms with E-state index in [0.717, 1.165) is 49.1 Å². The van der Waals surface area contributed by atoms with Gasteiger partial charge in [0.05, 0.1) is 12.0 Å². The number of benzene rings is 1. The molecule has 0 fully saturated rings. The van der Waals surface area contributed by atoms with Crippen LogP contribution in [0.15, 0.2) is 62.6 Å². The maximum atomic E-state index is 5.61. The number of hydrogen-bond donors (Lipinski definition) is 2. The van der Waals surface area contributed by atoms with Gasteiger partial charge in [-0.05, 0) is 38.0 Å². The minimum absolute atomic E-state index is 0. The largest absolute Gasteiger partial charge is 0.469 e. The molecule has 0 aliphatic heterocycles. The molecule has 7 heteroatoms. The van der Waals surface area contributed by atoms with Crippen molar-refractivity contribution in [3.63, 3.8) is 0 Å². The summed E-state index contributed by atoms with van der Waals surface area (Å²) in [5, 5.41) is 6.72. The Labute approximate surface area is 182 Å². The molecule has 6 nitrogen and oxygen atoms in total. The lowest BCUT2D eigenvalue weighted by Gasteiger charge is -2.12. The maximum absolute atomic E-state index is 5.61. The van der Waals surface area contributed by atoms with Crippen LogP contribution >= 0.6 is 24.0 Å². The number of hydrogen-bond acceptors (Lipinski definition) is 4. The van der Waals surface area contributed by atoms with E-state index in [1.807, 2.05) is 32.0 Å². The van der Waals surface area contributed by atoms with Crippen molar-refractivity contribution >= 4 is 29.9 Å². The second-order valence-electron chi connectivity index (χ2n) is 6.33. The van der Waals surface area contributed by atoms with Crippen molar-refractivity contribution in [3.8, 4) is 0 Å². The van der Waals surface area contributed by atoms with Crippen molar-refractivity contribution in [1.29, 1.82) is 0 Å². The zero-order valence-electron chi connectivity index (χ0n) is 16.3. The van der Waals surface area contributed by atoms with Crippen LogP contribution in [0.3, 0.4) is 0 Å². The van der Waals surface area contributed by atoms with Gasteiger partial charge in [0.1, 0.15) is 18.1 Å². The third kappa shape index (κ3) is 7.03. The number of halogens is 1. The van der Waals surface area contributed by atoms with E-state index >= 15 is 0 Å². The Morgan fingerprint density at radius 3 is 2.39 bits per heavy atom. The van der Waals surface area contributed by atoms with Gasteiger partial charge in [0.2, 0.25) is 5.89 Å². The fourth-order valence-electron chi connectivity index (χ4n) is 2.66. The smallest absolute Gasteiger partial charge is 0.216 e. The molecule has 0 saturated carbocycles. The van der Waals surface area contributed by atoms with Gasteiger partial charge in [-0.15, -0.1) is 24.0 Å². The molecule has 0 amide bonds. The van der Waals surface area contributed by atoms with E-state index in [1.54, 1.807) is 6.26 Å². The molecule has 150 valence electrons. The first-order valence-electron chi connectivity index (χ1n) is 9.22. The first-order chi connectivity index (χ1) is 13.2. The Balaban J connectivity index is 0.00000280. The molecule has 0 saturated heterocycles. The van der Waals surface area contributed by atoms with Crippen LogP contribution in [-0.4, -0.2) is 24.0 Å². The molecule has 0 spiro atoms. The highest BCUT2D eigenvalue weighted by Crippen LogP contribution is 2.09. The van der Waals surface area contributed by atoms with Crippen molar-refractivity contribution in [2.45, 2.75) is 33.2 Å². The van der Waals surface area contributed by atoms with Crippen LogP contribution in [0.5, 0.6) is 0 Å². The fraction of sp³-hybridized carbons (Fsp3) is 0.333. The minimum Gasteiger partial charge on any atom is -0.469 e. The Hall–Kier alpha value is -2.29. The molecule has 1 aromatic carbocycles. The van der Waals surface area contributed by atoms with Crippen LogP contribution in [0.25, 0.3) is 0 Å². The maximum Gasteiger partial charge on any atom is 0.216 e. The third-order valence-corrected chi connectivity index (χ3v) is 4.24. The molecule has 0 unspecified atom stereocenters. The molecule has 3 aromatic rings. The van der Waals surface area contributed by atoms with Gasteiger partial charge in [-0.1, -0.05) is 30.3 Å². The number of furan rings is 1. The third-order valence-electron chi connectivity index (χ3n) is 4.24. The van der Waals surface area contributed by atoms with E-state index in [2.05, 4.69) is 44.9 Å². The van der Waals surface area contributed by atoms with Gasteiger partial charge in [0.15, 0.2) is 5.96 Å². The van der Waals surface area contributed by atoms with Crippen molar-refractivity contribution in [3.05, 3.63) is 77.4 Å². The van der Waals surface area contributed by atoms with Gasteiger partial charge in [0.25, 0.3) is 0 Å². The summed E-state index contributed by atoms with van der Waals surface area (Å²) in [4.78, 5) is 8.99. The summed E-state index contributed by atoms with van der Waals surface area (Å²) in [5.41, 5.74) is 2.20. The summed E-state index contributed by atoms with van der Waals surface area (Å²) in [6.45, 7) is 5.77. The summed E-state index contributed by atoms with van der Waals surface area (Å²) in [5.74, 6) is 3.15.